The number of aliphatic imine (C=N–C) groups is 1. The van der Waals surface area contributed by atoms with E-state index >= 15 is 0 Å². The van der Waals surface area contributed by atoms with Crippen LogP contribution in [0, 0.1) is 11.3 Å². The molecule has 0 aliphatic rings. The van der Waals surface area contributed by atoms with Crippen LogP contribution in [0.4, 0.5) is 0 Å². The maximum atomic E-state index is 10.5. The average molecular weight is 138 g/mol. The molecule has 0 bridgehead atoms. The molecule has 0 amide bonds. The van der Waals surface area contributed by atoms with E-state index in [9.17, 15) is 4.79 Å². The number of hydrogen-bond donors (Lipinski definition) is 0. The van der Waals surface area contributed by atoms with Crippen LogP contribution in [0.25, 0.3) is 0 Å². The van der Waals surface area contributed by atoms with Gasteiger partial charge in [0, 0.05) is 12.1 Å². The van der Waals surface area contributed by atoms with Crippen molar-refractivity contribution in [2.45, 2.75) is 20.3 Å². The number of nitrogens with zero attached hydrogens (tertiary/aromatic N) is 2. The van der Waals surface area contributed by atoms with Crippen molar-refractivity contribution >= 4 is 11.5 Å². The number of Topliss-reactive ketones (excluding diaryl/α,β-unsaturated/α-hetero) is 1. The van der Waals surface area contributed by atoms with Gasteiger partial charge in [0.1, 0.15) is 12.3 Å². The quantitative estimate of drug-likeness (QED) is 0.430. The number of ketones is 1. The zero-order chi connectivity index (χ0) is 7.98. The monoisotopic (exact) mass is 138 g/mol. The van der Waals surface area contributed by atoms with E-state index in [0.717, 1.165) is 5.71 Å². The molecular weight excluding hydrogens is 128 g/mol. The second-order valence-corrected chi connectivity index (χ2v) is 2.09. The summed E-state index contributed by atoms with van der Waals surface area (Å²) in [6.45, 7) is 3.41. The van der Waals surface area contributed by atoms with Crippen LogP contribution >= 0.6 is 0 Å². The Morgan fingerprint density at radius 3 is 2.60 bits per heavy atom. The van der Waals surface area contributed by atoms with Gasteiger partial charge in [0.25, 0.3) is 0 Å². The Morgan fingerprint density at radius 2 is 2.20 bits per heavy atom. The summed E-state index contributed by atoms with van der Waals surface area (Å²) in [5.74, 6) is 0.0826. The standard InChI is InChI=1S/C7H10N2O/c1-6(5-7(2)10)9-4-3-8/h4-5H2,1-2H3. The molecule has 0 aromatic carbocycles. The van der Waals surface area contributed by atoms with E-state index in [4.69, 9.17) is 5.26 Å². The van der Waals surface area contributed by atoms with E-state index < -0.39 is 0 Å². The Morgan fingerprint density at radius 1 is 1.60 bits per heavy atom. The molecule has 0 atom stereocenters. The minimum Gasteiger partial charge on any atom is -0.300 e. The summed E-state index contributed by atoms with van der Waals surface area (Å²) < 4.78 is 0. The summed E-state index contributed by atoms with van der Waals surface area (Å²) >= 11 is 0. The molecule has 0 saturated carbocycles. The van der Waals surface area contributed by atoms with Crippen molar-refractivity contribution in [3.05, 3.63) is 0 Å². The fraction of sp³-hybridized carbons (Fsp3) is 0.571. The molecule has 0 aromatic rings. The molecule has 0 heterocycles. The van der Waals surface area contributed by atoms with Gasteiger partial charge in [0.15, 0.2) is 0 Å². The first-order valence-corrected chi connectivity index (χ1v) is 3.03. The van der Waals surface area contributed by atoms with Crippen LogP contribution in [0.2, 0.25) is 0 Å². The molecule has 0 rings (SSSR count). The molecule has 0 aromatic heterocycles. The lowest BCUT2D eigenvalue weighted by atomic mass is 10.2. The van der Waals surface area contributed by atoms with Crippen LogP contribution in [-0.4, -0.2) is 18.0 Å². The Bertz CT molecular complexity index is 188. The predicted octanol–water partition coefficient (Wildman–Crippen LogP) is 0.950. The van der Waals surface area contributed by atoms with Crippen LogP contribution in [0.1, 0.15) is 20.3 Å². The predicted molar refractivity (Wildman–Crippen MR) is 38.9 cm³/mol. The van der Waals surface area contributed by atoms with E-state index in [1.54, 1.807) is 6.92 Å². The highest BCUT2D eigenvalue weighted by Crippen LogP contribution is 1.86. The van der Waals surface area contributed by atoms with Gasteiger partial charge in [-0.2, -0.15) is 5.26 Å². The van der Waals surface area contributed by atoms with Crippen LogP contribution in [0.3, 0.4) is 0 Å². The van der Waals surface area contributed by atoms with Crippen molar-refractivity contribution < 1.29 is 4.79 Å². The smallest absolute Gasteiger partial charge is 0.135 e. The Kier molecular flexibility index (Phi) is 4.14. The Hall–Kier alpha value is -1.17. The SMILES string of the molecule is CC(=O)CC(C)=NCC#N. The molecule has 0 aliphatic carbocycles. The summed E-state index contributed by atoms with van der Waals surface area (Å²) in [5.41, 5.74) is 0.731. The molecule has 0 N–H and O–H groups in total. The molecular formula is C7H10N2O. The fourth-order valence-electron chi connectivity index (χ4n) is 0.586. The van der Waals surface area contributed by atoms with Gasteiger partial charge in [-0.15, -0.1) is 0 Å². The number of carbonyl (C=O) groups is 1. The van der Waals surface area contributed by atoms with Gasteiger partial charge in [0.05, 0.1) is 6.07 Å². The summed E-state index contributed by atoms with van der Waals surface area (Å²) in [7, 11) is 0. The fourth-order valence-corrected chi connectivity index (χ4v) is 0.586. The molecule has 0 unspecified atom stereocenters. The van der Waals surface area contributed by atoms with Crippen molar-refractivity contribution in [1.82, 2.24) is 0 Å². The van der Waals surface area contributed by atoms with Crippen molar-refractivity contribution in [2.75, 3.05) is 6.54 Å². The maximum Gasteiger partial charge on any atom is 0.135 e. The summed E-state index contributed by atoms with van der Waals surface area (Å²) in [6, 6.07) is 1.87. The highest BCUT2D eigenvalue weighted by molar-refractivity contribution is 5.99. The van der Waals surface area contributed by atoms with Gasteiger partial charge in [-0.05, 0) is 13.8 Å². The van der Waals surface area contributed by atoms with E-state index in [0.29, 0.717) is 6.42 Å². The van der Waals surface area contributed by atoms with E-state index in [1.165, 1.54) is 6.92 Å². The lowest BCUT2D eigenvalue weighted by molar-refractivity contribution is -0.115. The lowest BCUT2D eigenvalue weighted by Crippen LogP contribution is -2.00. The highest BCUT2D eigenvalue weighted by Gasteiger charge is 1.94. The molecule has 0 aliphatic heterocycles. The molecule has 3 nitrogen and oxygen atoms in total. The normalized spacial score (nSPS) is 10.7. The van der Waals surface area contributed by atoms with Crippen molar-refractivity contribution in [2.24, 2.45) is 4.99 Å². The number of hydrogen-bond acceptors (Lipinski definition) is 3. The van der Waals surface area contributed by atoms with Crippen molar-refractivity contribution in [3.8, 4) is 6.07 Å². The summed E-state index contributed by atoms with van der Waals surface area (Å²) in [6.07, 6.45) is 0.363. The van der Waals surface area contributed by atoms with Crippen LogP contribution in [0.5, 0.6) is 0 Å². The number of carbonyl (C=O) groups excluding carboxylic acids is 1. The van der Waals surface area contributed by atoms with E-state index in [2.05, 4.69) is 4.99 Å². The molecule has 54 valence electrons. The Labute approximate surface area is 60.4 Å². The average Bonchev–Trinajstić information content (AvgIpc) is 1.82. The van der Waals surface area contributed by atoms with Crippen LogP contribution in [-0.2, 0) is 4.79 Å². The number of rotatable bonds is 3. The zero-order valence-corrected chi connectivity index (χ0v) is 6.22. The van der Waals surface area contributed by atoms with Gasteiger partial charge < -0.3 is 0 Å². The number of nitriles is 1. The lowest BCUT2D eigenvalue weighted by Gasteiger charge is -1.91. The first-order chi connectivity index (χ1) is 4.66. The van der Waals surface area contributed by atoms with Gasteiger partial charge in [0.2, 0.25) is 0 Å². The summed E-state index contributed by atoms with van der Waals surface area (Å²) in [4.78, 5) is 14.3. The van der Waals surface area contributed by atoms with Gasteiger partial charge >= 0.3 is 0 Å². The molecule has 0 radical (unpaired) electrons. The first kappa shape index (κ1) is 8.83. The zero-order valence-electron chi connectivity index (χ0n) is 6.22. The maximum absolute atomic E-state index is 10.5. The first-order valence-electron chi connectivity index (χ1n) is 3.03. The Balaban J connectivity index is 3.73. The summed E-state index contributed by atoms with van der Waals surface area (Å²) in [5, 5.41) is 8.11. The largest absolute Gasteiger partial charge is 0.300 e. The van der Waals surface area contributed by atoms with Crippen molar-refractivity contribution in [3.63, 3.8) is 0 Å². The minimum atomic E-state index is 0.0826. The molecule has 3 heteroatoms. The molecule has 0 saturated heterocycles. The highest BCUT2D eigenvalue weighted by atomic mass is 16.1. The minimum absolute atomic E-state index is 0.0826. The van der Waals surface area contributed by atoms with Crippen molar-refractivity contribution in [1.29, 1.82) is 5.26 Å². The third-order valence-corrected chi connectivity index (χ3v) is 0.924. The third-order valence-electron chi connectivity index (χ3n) is 0.924. The second kappa shape index (κ2) is 4.68. The van der Waals surface area contributed by atoms with E-state index in [-0.39, 0.29) is 12.3 Å². The van der Waals surface area contributed by atoms with Crippen LogP contribution in [0.15, 0.2) is 4.99 Å². The molecule has 0 spiro atoms. The van der Waals surface area contributed by atoms with Crippen LogP contribution < -0.4 is 0 Å². The molecule has 0 fully saturated rings. The molecule has 10 heavy (non-hydrogen) atoms. The topological polar surface area (TPSA) is 53.2 Å². The van der Waals surface area contributed by atoms with Gasteiger partial charge in [-0.25, -0.2) is 0 Å². The van der Waals surface area contributed by atoms with Gasteiger partial charge in [-0.1, -0.05) is 0 Å². The van der Waals surface area contributed by atoms with Gasteiger partial charge in [-0.3, -0.25) is 9.79 Å². The van der Waals surface area contributed by atoms with E-state index in [1.807, 2.05) is 6.07 Å². The third kappa shape index (κ3) is 4.98. The second-order valence-electron chi connectivity index (χ2n) is 2.09.